The Balaban J connectivity index is 1.64. The lowest BCUT2D eigenvalue weighted by molar-refractivity contribution is -0.0944. The van der Waals surface area contributed by atoms with Crippen LogP contribution in [0.2, 0.25) is 0 Å². The van der Waals surface area contributed by atoms with E-state index in [4.69, 9.17) is 9.84 Å². The summed E-state index contributed by atoms with van der Waals surface area (Å²) in [5.74, 6) is 1.27. The first-order chi connectivity index (χ1) is 13.0. The maximum absolute atomic E-state index is 10.3. The number of aliphatic hydroxyl groups is 1. The van der Waals surface area contributed by atoms with Gasteiger partial charge in [-0.3, -0.25) is 0 Å². The highest BCUT2D eigenvalue weighted by molar-refractivity contribution is 9.10. The lowest BCUT2D eigenvalue weighted by atomic mass is 9.90. The number of hydrogen-bond donors (Lipinski definition) is 1. The molecule has 1 aliphatic carbocycles. The number of hydrogen-bond acceptors (Lipinski definition) is 4. The van der Waals surface area contributed by atoms with E-state index in [-0.39, 0.29) is 6.04 Å². The van der Waals surface area contributed by atoms with E-state index in [1.54, 1.807) is 0 Å². The maximum atomic E-state index is 10.3. The Kier molecular flexibility index (Phi) is 3.83. The lowest BCUT2D eigenvalue weighted by Gasteiger charge is -2.47. The number of fused-ring (bicyclic) bond motifs is 4. The molecular formula is C22H21BrN2O2. The second-order valence-corrected chi connectivity index (χ2v) is 8.51. The van der Waals surface area contributed by atoms with Crippen LogP contribution in [0.4, 0.5) is 0 Å². The molecule has 5 rings (SSSR count). The number of allylic oxidation sites excluding steroid dienone is 1. The van der Waals surface area contributed by atoms with Gasteiger partial charge in [-0.25, -0.2) is 5.01 Å². The van der Waals surface area contributed by atoms with Crippen molar-refractivity contribution in [1.82, 2.24) is 5.01 Å². The molecule has 1 spiro atoms. The minimum Gasteiger partial charge on any atom is -0.512 e. The highest BCUT2D eigenvalue weighted by Crippen LogP contribution is 2.50. The molecule has 0 aromatic heterocycles. The van der Waals surface area contributed by atoms with Gasteiger partial charge in [0.05, 0.1) is 17.5 Å². The standard InChI is InChI=1S/C22H21BrN2O2/c1-14-4-6-15(7-5-14)19-12-20-18-11-16(23)8-9-21(18)27-22(25(20)24-19)10-2-3-17(26)13-22/h4-9,11,13,20,26H,2-3,10,12H2,1H3/t20-,22+/m0/s1. The van der Waals surface area contributed by atoms with E-state index in [1.807, 2.05) is 18.2 Å². The number of rotatable bonds is 1. The number of benzene rings is 2. The summed E-state index contributed by atoms with van der Waals surface area (Å²) < 4.78 is 7.50. The predicted octanol–water partition coefficient (Wildman–Crippen LogP) is 5.62. The summed E-state index contributed by atoms with van der Waals surface area (Å²) in [6, 6.07) is 14.8. The Labute approximate surface area is 167 Å². The monoisotopic (exact) mass is 424 g/mol. The average molecular weight is 425 g/mol. The van der Waals surface area contributed by atoms with Crippen LogP contribution in [0.1, 0.15) is 48.4 Å². The van der Waals surface area contributed by atoms with Crippen molar-refractivity contribution in [2.24, 2.45) is 5.10 Å². The van der Waals surface area contributed by atoms with Crippen LogP contribution in [0.3, 0.4) is 0 Å². The molecule has 0 saturated heterocycles. The fourth-order valence-electron chi connectivity index (χ4n) is 4.32. The van der Waals surface area contributed by atoms with E-state index in [1.165, 1.54) is 5.56 Å². The van der Waals surface area contributed by atoms with Gasteiger partial charge < -0.3 is 9.84 Å². The van der Waals surface area contributed by atoms with Gasteiger partial charge in [-0.15, -0.1) is 0 Å². The number of ether oxygens (including phenoxy) is 1. The second-order valence-electron chi connectivity index (χ2n) is 7.60. The molecule has 138 valence electrons. The summed E-state index contributed by atoms with van der Waals surface area (Å²) >= 11 is 3.59. The Morgan fingerprint density at radius 3 is 2.81 bits per heavy atom. The van der Waals surface area contributed by atoms with Crippen molar-refractivity contribution < 1.29 is 9.84 Å². The largest absolute Gasteiger partial charge is 0.512 e. The summed E-state index contributed by atoms with van der Waals surface area (Å²) in [5, 5.41) is 17.3. The van der Waals surface area contributed by atoms with Crippen LogP contribution >= 0.6 is 15.9 Å². The number of aliphatic hydroxyl groups excluding tert-OH is 1. The molecule has 1 N–H and O–H groups in total. The Morgan fingerprint density at radius 2 is 2.04 bits per heavy atom. The summed E-state index contributed by atoms with van der Waals surface area (Å²) in [5.41, 5.74) is 3.88. The first kappa shape index (κ1) is 16.9. The van der Waals surface area contributed by atoms with Crippen molar-refractivity contribution in [1.29, 1.82) is 0 Å². The van der Waals surface area contributed by atoms with Gasteiger partial charge in [-0.1, -0.05) is 45.8 Å². The molecule has 2 aromatic carbocycles. The molecule has 0 amide bonds. The third-order valence-corrected chi connectivity index (χ3v) is 6.15. The second kappa shape index (κ2) is 6.13. The molecule has 3 aliphatic rings. The Bertz CT molecular complexity index is 967. The summed E-state index contributed by atoms with van der Waals surface area (Å²) in [6.45, 7) is 2.09. The van der Waals surface area contributed by atoms with Gasteiger partial charge in [0.1, 0.15) is 5.75 Å². The minimum absolute atomic E-state index is 0.102. The van der Waals surface area contributed by atoms with Crippen LogP contribution in [0.5, 0.6) is 5.75 Å². The van der Waals surface area contributed by atoms with Gasteiger partial charge in [0.25, 0.3) is 0 Å². The van der Waals surface area contributed by atoms with Crippen molar-refractivity contribution in [2.75, 3.05) is 0 Å². The normalized spacial score (nSPS) is 26.1. The lowest BCUT2D eigenvalue weighted by Crippen LogP contribution is -2.53. The summed E-state index contributed by atoms with van der Waals surface area (Å²) in [7, 11) is 0. The van der Waals surface area contributed by atoms with Crippen molar-refractivity contribution >= 4 is 21.6 Å². The van der Waals surface area contributed by atoms with E-state index in [9.17, 15) is 5.11 Å². The molecule has 0 radical (unpaired) electrons. The van der Waals surface area contributed by atoms with Gasteiger partial charge in [0, 0.05) is 35.4 Å². The molecule has 0 fully saturated rings. The van der Waals surface area contributed by atoms with Crippen molar-refractivity contribution in [2.45, 2.75) is 44.4 Å². The number of halogens is 1. The van der Waals surface area contributed by atoms with Gasteiger partial charge >= 0.3 is 0 Å². The van der Waals surface area contributed by atoms with Crippen LogP contribution in [0.15, 0.2) is 63.9 Å². The van der Waals surface area contributed by atoms with Gasteiger partial charge in [0.2, 0.25) is 5.72 Å². The van der Waals surface area contributed by atoms with Crippen LogP contribution in [-0.2, 0) is 0 Å². The first-order valence-electron chi connectivity index (χ1n) is 9.37. The zero-order chi connectivity index (χ0) is 18.6. The quantitative estimate of drug-likeness (QED) is 0.645. The fourth-order valence-corrected chi connectivity index (χ4v) is 4.70. The molecule has 0 saturated carbocycles. The Morgan fingerprint density at radius 1 is 1.22 bits per heavy atom. The molecule has 5 heteroatoms. The maximum Gasteiger partial charge on any atom is 0.220 e. The Hall–Kier alpha value is -2.27. The van der Waals surface area contributed by atoms with Crippen LogP contribution < -0.4 is 4.74 Å². The highest BCUT2D eigenvalue weighted by atomic mass is 79.9. The topological polar surface area (TPSA) is 45.1 Å². The minimum atomic E-state index is -0.708. The van der Waals surface area contributed by atoms with E-state index < -0.39 is 5.72 Å². The van der Waals surface area contributed by atoms with E-state index in [0.29, 0.717) is 12.2 Å². The van der Waals surface area contributed by atoms with Gasteiger partial charge in [-0.05, 0) is 37.1 Å². The van der Waals surface area contributed by atoms with E-state index in [2.05, 4.69) is 58.2 Å². The summed E-state index contributed by atoms with van der Waals surface area (Å²) in [4.78, 5) is 0. The molecule has 27 heavy (non-hydrogen) atoms. The summed E-state index contributed by atoms with van der Waals surface area (Å²) in [6.07, 6.45) is 5.08. The van der Waals surface area contributed by atoms with Crippen molar-refractivity contribution in [3.05, 3.63) is 75.5 Å². The molecule has 2 aliphatic heterocycles. The first-order valence-corrected chi connectivity index (χ1v) is 10.2. The van der Waals surface area contributed by atoms with Crippen molar-refractivity contribution in [3.63, 3.8) is 0 Å². The average Bonchev–Trinajstić information content (AvgIpc) is 3.10. The SMILES string of the molecule is Cc1ccc(C2=NN3[C@@H](C2)c2cc(Br)ccc2O[C@]32C=C(O)CCC2)cc1. The van der Waals surface area contributed by atoms with Crippen LogP contribution in [-0.4, -0.2) is 21.6 Å². The third kappa shape index (κ3) is 2.76. The molecule has 0 bridgehead atoms. The number of aryl methyl sites for hydroxylation is 1. The van der Waals surface area contributed by atoms with Gasteiger partial charge in [-0.2, -0.15) is 5.10 Å². The molecule has 0 unspecified atom stereocenters. The molecule has 2 atom stereocenters. The molecule has 2 aromatic rings. The number of hydrazone groups is 1. The smallest absolute Gasteiger partial charge is 0.220 e. The predicted molar refractivity (Wildman–Crippen MR) is 109 cm³/mol. The van der Waals surface area contributed by atoms with Crippen molar-refractivity contribution in [3.8, 4) is 5.75 Å². The number of nitrogens with zero attached hydrogens (tertiary/aromatic N) is 2. The molecule has 4 nitrogen and oxygen atoms in total. The van der Waals surface area contributed by atoms with Gasteiger partial charge in [0.15, 0.2) is 0 Å². The highest BCUT2D eigenvalue weighted by Gasteiger charge is 2.50. The van der Waals surface area contributed by atoms with E-state index in [0.717, 1.165) is 46.3 Å². The van der Waals surface area contributed by atoms with Crippen LogP contribution in [0.25, 0.3) is 0 Å². The van der Waals surface area contributed by atoms with E-state index >= 15 is 0 Å². The molecular weight excluding hydrogens is 404 g/mol. The molecule has 2 heterocycles. The third-order valence-electron chi connectivity index (χ3n) is 5.66. The fraction of sp³-hybridized carbons (Fsp3) is 0.318. The zero-order valence-electron chi connectivity index (χ0n) is 15.2. The van der Waals surface area contributed by atoms with Crippen LogP contribution in [0, 0.1) is 6.92 Å². The zero-order valence-corrected chi connectivity index (χ0v) is 16.7.